The molecule has 0 aliphatic heterocycles. The fourth-order valence-corrected chi connectivity index (χ4v) is 2.46. The van der Waals surface area contributed by atoms with Gasteiger partial charge in [-0.3, -0.25) is 20.4 Å². The van der Waals surface area contributed by atoms with E-state index in [0.717, 1.165) is 0 Å². The minimum absolute atomic E-state index is 0.137. The Hall–Kier alpha value is -3.34. The molecule has 0 saturated heterocycles. The minimum atomic E-state index is -0.890. The van der Waals surface area contributed by atoms with E-state index in [4.69, 9.17) is 18.9 Å². The van der Waals surface area contributed by atoms with Gasteiger partial charge in [0.15, 0.2) is 36.3 Å². The molecule has 2 rings (SSSR count). The third kappa shape index (κ3) is 6.62. The summed E-state index contributed by atoms with van der Waals surface area (Å²) >= 11 is 3.10. The lowest BCUT2D eigenvalue weighted by atomic mass is 10.2. The number of hydrazine groups is 1. The summed E-state index contributed by atoms with van der Waals surface area (Å²) in [6.45, 7) is -1.26. The molecule has 0 aliphatic rings. The lowest BCUT2D eigenvalue weighted by Gasteiger charge is -2.11. The minimum Gasteiger partial charge on any atom is -0.493 e. The Labute approximate surface area is 179 Å². The third-order valence-electron chi connectivity index (χ3n) is 3.56. The molecule has 11 heteroatoms. The Balaban J connectivity index is 1.75. The van der Waals surface area contributed by atoms with Crippen molar-refractivity contribution < 1.29 is 37.7 Å². The second kappa shape index (κ2) is 11.0. The zero-order valence-corrected chi connectivity index (χ0v) is 17.6. The molecule has 0 atom stereocenters. The van der Waals surface area contributed by atoms with Crippen molar-refractivity contribution in [3.8, 4) is 17.2 Å². The molecular formula is C19H18BrFN2O7. The van der Waals surface area contributed by atoms with Gasteiger partial charge in [0.05, 0.1) is 14.2 Å². The average Bonchev–Trinajstić information content (AvgIpc) is 2.74. The van der Waals surface area contributed by atoms with Gasteiger partial charge >= 0.3 is 5.97 Å². The average molecular weight is 485 g/mol. The highest BCUT2D eigenvalue weighted by Crippen LogP contribution is 2.27. The van der Waals surface area contributed by atoms with E-state index in [1.165, 1.54) is 50.6 Å². The summed E-state index contributed by atoms with van der Waals surface area (Å²) in [6.07, 6.45) is 0. The number of hydrogen-bond acceptors (Lipinski definition) is 7. The Morgan fingerprint density at radius 2 is 1.63 bits per heavy atom. The molecule has 0 radical (unpaired) electrons. The predicted octanol–water partition coefficient (Wildman–Crippen LogP) is 1.99. The quantitative estimate of drug-likeness (QED) is 0.435. The van der Waals surface area contributed by atoms with Gasteiger partial charge in [-0.25, -0.2) is 9.18 Å². The van der Waals surface area contributed by atoms with Gasteiger partial charge in [0.1, 0.15) is 0 Å². The zero-order chi connectivity index (χ0) is 22.1. The molecule has 2 aromatic rings. The number of hydrogen-bond donors (Lipinski definition) is 2. The smallest absolute Gasteiger partial charge is 0.344 e. The van der Waals surface area contributed by atoms with Crippen LogP contribution in [0.3, 0.4) is 0 Å². The van der Waals surface area contributed by atoms with Crippen LogP contribution in [-0.4, -0.2) is 45.2 Å². The summed E-state index contributed by atoms with van der Waals surface area (Å²) in [6, 6.07) is 8.49. The lowest BCUT2D eigenvalue weighted by Crippen LogP contribution is -2.43. The highest BCUT2D eigenvalue weighted by Gasteiger charge is 2.13. The van der Waals surface area contributed by atoms with E-state index in [1.807, 2.05) is 0 Å². The van der Waals surface area contributed by atoms with Crippen molar-refractivity contribution in [3.05, 3.63) is 52.3 Å². The van der Waals surface area contributed by atoms with Gasteiger partial charge in [0, 0.05) is 10.0 Å². The molecule has 9 nitrogen and oxygen atoms in total. The van der Waals surface area contributed by atoms with Crippen LogP contribution in [0.2, 0.25) is 0 Å². The number of carbonyl (C=O) groups excluding carboxylic acids is 3. The normalized spacial score (nSPS) is 10.0. The van der Waals surface area contributed by atoms with Crippen LogP contribution in [0.25, 0.3) is 0 Å². The first-order chi connectivity index (χ1) is 14.3. The van der Waals surface area contributed by atoms with Crippen molar-refractivity contribution >= 4 is 33.7 Å². The van der Waals surface area contributed by atoms with E-state index < -0.39 is 36.8 Å². The van der Waals surface area contributed by atoms with Crippen molar-refractivity contribution in [1.29, 1.82) is 0 Å². The molecular weight excluding hydrogens is 467 g/mol. The first-order valence-corrected chi connectivity index (χ1v) is 9.18. The van der Waals surface area contributed by atoms with Crippen molar-refractivity contribution in [1.82, 2.24) is 10.9 Å². The van der Waals surface area contributed by atoms with Crippen molar-refractivity contribution in [2.75, 3.05) is 27.4 Å². The molecule has 2 amide bonds. The van der Waals surface area contributed by atoms with Crippen LogP contribution in [0.5, 0.6) is 17.2 Å². The van der Waals surface area contributed by atoms with Gasteiger partial charge in [-0.2, -0.15) is 0 Å². The lowest BCUT2D eigenvalue weighted by molar-refractivity contribution is -0.150. The van der Waals surface area contributed by atoms with Crippen LogP contribution in [0.1, 0.15) is 10.4 Å². The van der Waals surface area contributed by atoms with E-state index in [0.29, 0.717) is 16.0 Å². The van der Waals surface area contributed by atoms with Crippen LogP contribution < -0.4 is 25.1 Å². The second-order valence-corrected chi connectivity index (χ2v) is 6.51. The maximum absolute atomic E-state index is 13.6. The number of methoxy groups -OCH3 is 2. The third-order valence-corrected chi connectivity index (χ3v) is 4.06. The summed E-state index contributed by atoms with van der Waals surface area (Å²) in [4.78, 5) is 35.4. The Kier molecular flexibility index (Phi) is 8.41. The van der Waals surface area contributed by atoms with Crippen LogP contribution in [0.4, 0.5) is 4.39 Å². The number of nitrogens with one attached hydrogen (secondary N) is 2. The highest BCUT2D eigenvalue weighted by molar-refractivity contribution is 9.10. The molecule has 0 heterocycles. The van der Waals surface area contributed by atoms with E-state index >= 15 is 0 Å². The summed E-state index contributed by atoms with van der Waals surface area (Å²) in [5.41, 5.74) is 4.47. The van der Waals surface area contributed by atoms with Gasteiger partial charge in [-0.1, -0.05) is 15.9 Å². The topological polar surface area (TPSA) is 112 Å². The number of benzene rings is 2. The van der Waals surface area contributed by atoms with Gasteiger partial charge in [0.25, 0.3) is 11.8 Å². The standard InChI is InChI=1S/C19H18BrFN2O7/c1-27-15-5-3-11(7-16(15)28-2)19(26)23-22-17(24)9-30-18(25)10-29-14-6-4-12(20)8-13(14)21/h3-8H,9-10H2,1-2H3,(H,22,24)(H,23,26). The molecule has 0 unspecified atom stereocenters. The van der Waals surface area contributed by atoms with Crippen molar-refractivity contribution in [3.63, 3.8) is 0 Å². The monoisotopic (exact) mass is 484 g/mol. The Morgan fingerprint density at radius 3 is 2.30 bits per heavy atom. The van der Waals surface area contributed by atoms with Gasteiger partial charge in [0.2, 0.25) is 0 Å². The van der Waals surface area contributed by atoms with E-state index in [1.54, 1.807) is 0 Å². The maximum atomic E-state index is 13.6. The van der Waals surface area contributed by atoms with Crippen LogP contribution in [0.15, 0.2) is 40.9 Å². The number of halogens is 2. The molecule has 0 bridgehead atoms. The maximum Gasteiger partial charge on any atom is 0.344 e. The number of esters is 1. The highest BCUT2D eigenvalue weighted by atomic mass is 79.9. The molecule has 0 aliphatic carbocycles. The Bertz CT molecular complexity index is 939. The molecule has 2 N–H and O–H groups in total. The van der Waals surface area contributed by atoms with E-state index in [2.05, 4.69) is 26.8 Å². The molecule has 0 aromatic heterocycles. The predicted molar refractivity (Wildman–Crippen MR) is 106 cm³/mol. The molecule has 160 valence electrons. The van der Waals surface area contributed by atoms with Crippen LogP contribution in [0, 0.1) is 5.82 Å². The molecule has 2 aromatic carbocycles. The SMILES string of the molecule is COc1ccc(C(=O)NNC(=O)COC(=O)COc2ccc(Br)cc2F)cc1OC. The van der Waals surface area contributed by atoms with Gasteiger partial charge < -0.3 is 18.9 Å². The first-order valence-electron chi connectivity index (χ1n) is 8.38. The summed E-state index contributed by atoms with van der Waals surface area (Å²) < 4.78 is 34.0. The first kappa shape index (κ1) is 22.9. The second-order valence-electron chi connectivity index (χ2n) is 5.60. The molecule has 30 heavy (non-hydrogen) atoms. The fourth-order valence-electron chi connectivity index (χ4n) is 2.13. The largest absolute Gasteiger partial charge is 0.493 e. The summed E-state index contributed by atoms with van der Waals surface area (Å²) in [5.74, 6) is -2.31. The molecule has 0 saturated carbocycles. The zero-order valence-electron chi connectivity index (χ0n) is 16.0. The fraction of sp³-hybridized carbons (Fsp3) is 0.211. The number of rotatable bonds is 8. The van der Waals surface area contributed by atoms with Gasteiger partial charge in [-0.15, -0.1) is 0 Å². The number of amides is 2. The Morgan fingerprint density at radius 1 is 0.933 bits per heavy atom. The summed E-state index contributed by atoms with van der Waals surface area (Å²) in [7, 11) is 2.88. The van der Waals surface area contributed by atoms with Crippen LogP contribution in [-0.2, 0) is 14.3 Å². The van der Waals surface area contributed by atoms with E-state index in [-0.39, 0.29) is 11.3 Å². The summed E-state index contributed by atoms with van der Waals surface area (Å²) in [5, 5.41) is 0. The van der Waals surface area contributed by atoms with Crippen LogP contribution >= 0.6 is 15.9 Å². The molecule has 0 fully saturated rings. The number of carbonyl (C=O) groups is 3. The molecule has 0 spiro atoms. The van der Waals surface area contributed by atoms with Crippen molar-refractivity contribution in [2.24, 2.45) is 0 Å². The van der Waals surface area contributed by atoms with Crippen molar-refractivity contribution in [2.45, 2.75) is 0 Å². The van der Waals surface area contributed by atoms with Gasteiger partial charge in [-0.05, 0) is 36.4 Å². The van der Waals surface area contributed by atoms with E-state index in [9.17, 15) is 18.8 Å². The number of ether oxygens (including phenoxy) is 4.